The van der Waals surface area contributed by atoms with Crippen LogP contribution in [0.1, 0.15) is 122 Å². The number of benzene rings is 9. The van der Waals surface area contributed by atoms with Crippen molar-refractivity contribution in [2.24, 2.45) is 0 Å². The summed E-state index contributed by atoms with van der Waals surface area (Å²) in [4.78, 5) is 49.0. The van der Waals surface area contributed by atoms with Gasteiger partial charge in [-0.2, -0.15) is 81.2 Å². The number of alkyl halides is 16. The first-order chi connectivity index (χ1) is 67.6. The van der Waals surface area contributed by atoms with Gasteiger partial charge in [0, 0.05) is 12.4 Å². The molecule has 143 heavy (non-hydrogen) atoms. The number of esters is 1. The molecular formula is C102H102BBr3Cl2F15N10NaO9. The van der Waals surface area contributed by atoms with Gasteiger partial charge in [0.05, 0.1) is 73.7 Å². The minimum atomic E-state index is -4.95. The zero-order chi connectivity index (χ0) is 104. The molecule has 2 aliphatic heterocycles. The number of likely N-dealkylation sites (tertiary alicyclic amines) is 2. The Balaban J connectivity index is 0.000000354. The van der Waals surface area contributed by atoms with Crippen LogP contribution in [0.15, 0.2) is 279 Å². The summed E-state index contributed by atoms with van der Waals surface area (Å²) in [6.45, 7) is 10.4. The first-order valence-electron chi connectivity index (χ1n) is 43.5. The molecule has 0 spiro atoms. The first-order valence-corrected chi connectivity index (χ1v) is 47.2. The molecular weight excluding hydrogens is 2140 g/mol. The molecule has 2 fully saturated rings. The number of phenols is 1. The van der Waals surface area contributed by atoms with Gasteiger partial charge in [0.2, 0.25) is 5.78 Å². The van der Waals surface area contributed by atoms with Crippen molar-refractivity contribution in [3.63, 3.8) is 0 Å². The van der Waals surface area contributed by atoms with E-state index in [2.05, 4.69) is 87.5 Å². The van der Waals surface area contributed by atoms with Crippen LogP contribution in [-0.4, -0.2) is 156 Å². The number of allylic oxidation sites excluding steroid dienone is 2. The molecule has 0 bridgehead atoms. The predicted octanol–water partition coefficient (Wildman–Crippen LogP) is 24.7. The van der Waals surface area contributed by atoms with Crippen molar-refractivity contribution in [3.05, 3.63) is 341 Å². The third-order valence-corrected chi connectivity index (χ3v) is 19.6. The number of aromatic hydroxyl groups is 1. The van der Waals surface area contributed by atoms with E-state index in [9.17, 15) is 90.1 Å². The molecule has 12 aromatic rings. The Morgan fingerprint density at radius 3 is 1.06 bits per heavy atom. The zero-order valence-electron chi connectivity index (χ0n) is 78.9. The number of nitrogens with zero attached hydrogens (tertiary/aromatic N) is 8. The van der Waals surface area contributed by atoms with E-state index < -0.39 is 71.9 Å². The average molecular weight is 2240 g/mol. The number of carbonyl (C=O) groups excluding carboxylic acids is 4. The molecule has 14 rings (SSSR count). The minimum Gasteiger partial charge on any atom is -1.00 e. The molecule has 0 unspecified atom stereocenters. The van der Waals surface area contributed by atoms with Crippen molar-refractivity contribution in [1.29, 1.82) is 0 Å². The number of phenolic OH excluding ortho intramolecular Hbond substituents is 1. The van der Waals surface area contributed by atoms with Crippen LogP contribution in [0.25, 0.3) is 65.7 Å². The van der Waals surface area contributed by atoms with Gasteiger partial charge < -0.3 is 40.7 Å². The van der Waals surface area contributed by atoms with E-state index in [1.807, 2.05) is 152 Å². The first kappa shape index (κ1) is 122. The van der Waals surface area contributed by atoms with Crippen molar-refractivity contribution < 1.29 is 140 Å². The van der Waals surface area contributed by atoms with Crippen molar-refractivity contribution in [1.82, 2.24) is 44.1 Å². The van der Waals surface area contributed by atoms with Gasteiger partial charge in [-0.1, -0.05) is 182 Å². The smallest absolute Gasteiger partial charge is 1.00 e. The number of carbonyl (C=O) groups is 4. The van der Waals surface area contributed by atoms with Crippen LogP contribution in [0.5, 0.6) is 23.0 Å². The van der Waals surface area contributed by atoms with Gasteiger partial charge in [0.15, 0.2) is 28.6 Å². The molecule has 758 valence electrons. The van der Waals surface area contributed by atoms with Gasteiger partial charge in [0.25, 0.3) is 0 Å². The summed E-state index contributed by atoms with van der Waals surface area (Å²) in [5, 5.41) is 20.5. The summed E-state index contributed by atoms with van der Waals surface area (Å²) >= 11 is 20.1. The molecule has 19 nitrogen and oxygen atoms in total. The second-order valence-corrected chi connectivity index (χ2v) is 37.0. The van der Waals surface area contributed by atoms with Gasteiger partial charge in [0.1, 0.15) is 23.0 Å². The van der Waals surface area contributed by atoms with Crippen molar-refractivity contribution in [2.75, 3.05) is 78.0 Å². The molecule has 5 heterocycles. The topological polar surface area (TPSA) is 209 Å². The van der Waals surface area contributed by atoms with E-state index in [0.717, 1.165) is 83.2 Å². The van der Waals surface area contributed by atoms with Gasteiger partial charge in [-0.3, -0.25) is 14.4 Å². The van der Waals surface area contributed by atoms with Gasteiger partial charge in [-0.25, -0.2) is 18.8 Å². The van der Waals surface area contributed by atoms with Gasteiger partial charge >= 0.3 is 69.6 Å². The standard InChI is InChI=1S/C25H26F3N3O.C19H15F3N2O.C18H13F3N2O.C12H9F3O2.C10H10O.C7H9ClN2O.C7H14ClN.C4H5F3O2.BBr3.Na.H/c26-25(27,28)24-19-22(10-9-20-7-2-1-3-8-20)31(29-24)21-11-13-23(14-12-21)32-18-6-17-30-15-4-5-16-30;1-25-17-11-9-15(10-12-17)24-16(13-18(23-24)19(20,21)22)8-7-14-5-3-2-4-6-14;19-18(20,21)17-12-15(7-6-13-4-2-1-3-5-13)23(22-17)14-8-10-16(24)11-9-14;13-12(14,15)11(17)8-10(16)7-6-9-4-2-1-3-5-9;1-9(11)7-8-10-5-3-2-4-6-10;1-11-7-4-2-6(3-5-7)9-10-8;8-4-3-7-9-5-1-2-6-9;1-2-9-3(8)4(5,6)7;2-1(3)4;;/h1-3,7-14,19H,4-6,15-18H2;2-13H,1H3;1-12,24H;1-7H,8H2;2-8H,1H3;2-5,9-10H,1H3;1-7H2;2H2,1H3;;;/q;;;;;;;;;+1;-1/b10-9+;8-7+;2*7-6+;8-7+;;;;;;. The molecule has 0 amide bonds. The Bertz CT molecular complexity index is 5860. The molecule has 3 aromatic heterocycles. The average Bonchev–Trinajstić information content (AvgIpc) is 1.66. The van der Waals surface area contributed by atoms with E-state index in [4.69, 9.17) is 37.6 Å². The Morgan fingerprint density at radius 1 is 0.448 bits per heavy atom. The maximum atomic E-state index is 13.3. The summed E-state index contributed by atoms with van der Waals surface area (Å²) in [6, 6.07) is 76.3. The van der Waals surface area contributed by atoms with Crippen molar-refractivity contribution in [3.8, 4) is 40.1 Å². The Kier molecular flexibility index (Phi) is 55.1. The molecule has 41 heteroatoms. The SMILES string of the molecule is BrB(Br)Br.CC(=O)/C=C/c1ccccc1.CCOC(=O)C(F)(F)F.COc1ccc(-n2nc(C(F)(F)F)cc2/C=C/c2ccccc2)cc1.COc1ccc(NNCl)cc1.ClCCCN1CCCC1.FC(F)(F)c1cc(/C=C/c2ccccc2)n(-c2ccc(OCCCN3CCCC3)cc2)n1.O=C(/C=C/c1ccccc1)CC(=O)C(F)(F)F.Oc1ccc(-n2nc(C(F)(F)F)cc2/C=C/c2ccccc2)cc1.[H-].[Na+]. The molecule has 0 saturated carbocycles. The molecule has 0 atom stereocenters. The Hall–Kier alpha value is -11.3. The number of methoxy groups -OCH3 is 2. The number of ketones is 3. The summed E-state index contributed by atoms with van der Waals surface area (Å²) < 4.78 is 211. The van der Waals surface area contributed by atoms with Crippen LogP contribution in [0.4, 0.5) is 71.5 Å². The van der Waals surface area contributed by atoms with E-state index in [-0.39, 0.29) is 58.0 Å². The summed E-state index contributed by atoms with van der Waals surface area (Å²) in [7, 11) is 3.15. The van der Waals surface area contributed by atoms with Crippen LogP contribution in [0.2, 0.25) is 0 Å². The third-order valence-electron chi connectivity index (χ3n) is 19.2. The van der Waals surface area contributed by atoms with E-state index in [1.54, 1.807) is 135 Å². The second kappa shape index (κ2) is 64.5. The number of hydrogen-bond acceptors (Lipinski definition) is 16. The minimum absolute atomic E-state index is 0. The number of Topliss-reactive ketones (excluding diaryl/α,β-unsaturated/α-hetero) is 1. The molecule has 2 saturated heterocycles. The van der Waals surface area contributed by atoms with Gasteiger partial charge in [-0.05, 0) is 270 Å². The molecule has 2 aliphatic rings. The zero-order valence-corrected chi connectivity index (χ0v) is 86.2. The van der Waals surface area contributed by atoms with E-state index in [1.165, 1.54) is 117 Å². The number of halogens is 20. The fraction of sp³-hybridized carbons (Fsp3) is 0.245. The van der Waals surface area contributed by atoms with Crippen LogP contribution in [0, 0.1) is 0 Å². The van der Waals surface area contributed by atoms with Crippen LogP contribution in [0.3, 0.4) is 0 Å². The number of ether oxygens (including phenoxy) is 4. The normalized spacial score (nSPS) is 12.5. The largest absolute Gasteiger partial charge is 1.00 e. The van der Waals surface area contributed by atoms with Crippen LogP contribution in [-0.2, 0) is 42.4 Å². The number of anilines is 1. The second-order valence-electron chi connectivity index (χ2n) is 30.0. The molecule has 0 aliphatic carbocycles. The Labute approximate surface area is 877 Å². The quantitative estimate of drug-likeness (QED) is 0.00479. The fourth-order valence-electron chi connectivity index (χ4n) is 12.4. The van der Waals surface area contributed by atoms with Crippen molar-refractivity contribution in [2.45, 2.75) is 89.7 Å². The van der Waals surface area contributed by atoms with Gasteiger partial charge in [-0.15, -0.1) is 63.8 Å². The summed E-state index contributed by atoms with van der Waals surface area (Å²) in [6.07, 6.45) is -1.30. The fourth-order valence-corrected chi connectivity index (χ4v) is 12.6. The number of aromatic nitrogens is 6. The molecule has 0 radical (unpaired) electrons. The van der Waals surface area contributed by atoms with Crippen LogP contribution >= 0.6 is 70.6 Å². The molecule has 3 N–H and O–H groups in total. The maximum Gasteiger partial charge on any atom is 1.00 e. The van der Waals surface area contributed by atoms with Crippen molar-refractivity contribution >= 4 is 151 Å². The summed E-state index contributed by atoms with van der Waals surface area (Å²) in [5.74, 6) is -1.96. The third kappa shape index (κ3) is 48.8. The summed E-state index contributed by atoms with van der Waals surface area (Å²) in [5.41, 5.74) is 7.62. The number of hydrazine groups is 1. The monoisotopic (exact) mass is 2240 g/mol. The molecule has 9 aromatic carbocycles. The Morgan fingerprint density at radius 2 is 0.762 bits per heavy atom. The van der Waals surface area contributed by atoms with E-state index in [0.29, 0.717) is 52.1 Å². The number of rotatable bonds is 28. The number of nitrogens with one attached hydrogen (secondary N) is 2. The predicted molar refractivity (Wildman–Crippen MR) is 541 cm³/mol. The van der Waals surface area contributed by atoms with E-state index >= 15 is 0 Å². The van der Waals surface area contributed by atoms with Crippen LogP contribution < -0.4 is 54.1 Å². The number of hydrogen-bond donors (Lipinski definition) is 3. The maximum absolute atomic E-state index is 13.3.